The van der Waals surface area contributed by atoms with Crippen LogP contribution in [0.4, 0.5) is 5.69 Å². The summed E-state index contributed by atoms with van der Waals surface area (Å²) in [5, 5.41) is 6.51. The first-order chi connectivity index (χ1) is 10.3. The van der Waals surface area contributed by atoms with Crippen molar-refractivity contribution in [2.45, 2.75) is 13.5 Å². The van der Waals surface area contributed by atoms with E-state index in [-0.39, 0.29) is 0 Å². The first-order valence-corrected chi connectivity index (χ1v) is 7.05. The highest BCUT2D eigenvalue weighted by atomic mass is 15.2. The molecule has 108 valence electrons. The molecule has 0 radical (unpaired) electrons. The van der Waals surface area contributed by atoms with E-state index in [0.717, 1.165) is 11.6 Å². The Labute approximate surface area is 126 Å². The van der Waals surface area contributed by atoms with Gasteiger partial charge in [0, 0.05) is 12.2 Å². The number of hydrogen-bond acceptors (Lipinski definition) is 1. The third kappa shape index (κ3) is 5.15. The van der Waals surface area contributed by atoms with Crippen molar-refractivity contribution in [3.8, 4) is 0 Å². The molecule has 0 aromatic heterocycles. The molecule has 0 saturated carbocycles. The zero-order valence-electron chi connectivity index (χ0n) is 12.3. The Kier molecular flexibility index (Phi) is 5.59. The lowest BCUT2D eigenvalue weighted by molar-refractivity contribution is 0.979. The summed E-state index contributed by atoms with van der Waals surface area (Å²) in [5.41, 5.74) is 3.46. The molecule has 0 bridgehead atoms. The van der Waals surface area contributed by atoms with E-state index in [1.165, 1.54) is 11.1 Å². The number of nitrogens with one attached hydrogen (secondary N) is 2. The highest BCUT2D eigenvalue weighted by Gasteiger charge is 1.99. The van der Waals surface area contributed by atoms with Crippen molar-refractivity contribution < 1.29 is 0 Å². The fourth-order valence-corrected chi connectivity index (χ4v) is 1.83. The molecule has 0 saturated heterocycles. The molecule has 2 N–H and O–H groups in total. The third-order valence-corrected chi connectivity index (χ3v) is 2.99. The Bertz CT molecular complexity index is 586. The normalized spacial score (nSPS) is 11.0. The molecule has 0 unspecified atom stereocenters. The first kappa shape index (κ1) is 14.9. The summed E-state index contributed by atoms with van der Waals surface area (Å²) in [6, 6.07) is 18.4. The fourth-order valence-electron chi connectivity index (χ4n) is 1.83. The molecule has 0 atom stereocenters. The fraction of sp³-hybridized carbons (Fsp3) is 0.167. The number of guanidine groups is 1. The van der Waals surface area contributed by atoms with Gasteiger partial charge >= 0.3 is 0 Å². The summed E-state index contributed by atoms with van der Waals surface area (Å²) in [6.45, 7) is 7.12. The minimum Gasteiger partial charge on any atom is -0.353 e. The monoisotopic (exact) mass is 279 g/mol. The number of para-hydroxylation sites is 1. The van der Waals surface area contributed by atoms with Crippen LogP contribution >= 0.6 is 0 Å². The Morgan fingerprint density at radius 1 is 1.10 bits per heavy atom. The standard InChI is InChI=1S/C18H21N3/c1-3-13-19-18(21-17-7-5-4-6-8-17)20-14-16-11-9-15(2)10-12-16/h3-12H,1,13-14H2,2H3,(H2,19,20,21). The van der Waals surface area contributed by atoms with E-state index in [9.17, 15) is 0 Å². The number of aliphatic imine (C=N–C) groups is 1. The van der Waals surface area contributed by atoms with E-state index in [1.54, 1.807) is 0 Å². The quantitative estimate of drug-likeness (QED) is 0.497. The Hall–Kier alpha value is -2.55. The molecule has 2 aromatic carbocycles. The molecule has 2 aromatic rings. The van der Waals surface area contributed by atoms with Gasteiger partial charge in [-0.05, 0) is 24.6 Å². The molecule has 3 nitrogen and oxygen atoms in total. The minimum absolute atomic E-state index is 0.638. The predicted octanol–water partition coefficient (Wildman–Crippen LogP) is 3.74. The van der Waals surface area contributed by atoms with Crippen LogP contribution in [0.2, 0.25) is 0 Å². The number of hydrogen-bond donors (Lipinski definition) is 2. The minimum atomic E-state index is 0.638. The molecule has 0 aliphatic heterocycles. The molecule has 0 aliphatic rings. The van der Waals surface area contributed by atoms with Gasteiger partial charge in [-0.15, -0.1) is 6.58 Å². The second kappa shape index (κ2) is 7.90. The largest absolute Gasteiger partial charge is 0.353 e. The smallest absolute Gasteiger partial charge is 0.196 e. The number of nitrogens with zero attached hydrogens (tertiary/aromatic N) is 1. The lowest BCUT2D eigenvalue weighted by Crippen LogP contribution is -2.30. The van der Waals surface area contributed by atoms with Crippen molar-refractivity contribution in [2.24, 2.45) is 4.99 Å². The molecular formula is C18H21N3. The summed E-state index contributed by atoms with van der Waals surface area (Å²) in [7, 11) is 0. The maximum absolute atomic E-state index is 4.60. The molecule has 0 heterocycles. The van der Waals surface area contributed by atoms with E-state index >= 15 is 0 Å². The molecule has 0 aliphatic carbocycles. The predicted molar refractivity (Wildman–Crippen MR) is 90.6 cm³/mol. The summed E-state index contributed by atoms with van der Waals surface area (Å²) in [6.07, 6.45) is 1.81. The van der Waals surface area contributed by atoms with Gasteiger partial charge in [0.25, 0.3) is 0 Å². The number of benzene rings is 2. The van der Waals surface area contributed by atoms with Crippen LogP contribution in [-0.4, -0.2) is 12.5 Å². The molecule has 0 spiro atoms. The molecular weight excluding hydrogens is 258 g/mol. The number of aryl methyl sites for hydroxylation is 1. The summed E-state index contributed by atoms with van der Waals surface area (Å²) < 4.78 is 0. The van der Waals surface area contributed by atoms with Gasteiger partial charge in [0.1, 0.15) is 0 Å². The number of anilines is 1. The van der Waals surface area contributed by atoms with E-state index < -0.39 is 0 Å². The highest BCUT2D eigenvalue weighted by molar-refractivity contribution is 5.93. The Balaban J connectivity index is 2.05. The van der Waals surface area contributed by atoms with Crippen LogP contribution in [0.25, 0.3) is 0 Å². The summed E-state index contributed by atoms with van der Waals surface area (Å²) in [4.78, 5) is 4.60. The maximum Gasteiger partial charge on any atom is 0.196 e. The molecule has 0 amide bonds. The topological polar surface area (TPSA) is 36.4 Å². The van der Waals surface area contributed by atoms with Crippen molar-refractivity contribution in [1.29, 1.82) is 0 Å². The van der Waals surface area contributed by atoms with Crippen LogP contribution in [0.1, 0.15) is 11.1 Å². The van der Waals surface area contributed by atoms with E-state index in [4.69, 9.17) is 0 Å². The van der Waals surface area contributed by atoms with Gasteiger partial charge in [0.2, 0.25) is 0 Å². The SMILES string of the molecule is C=CCNC(=NCc1ccc(C)cc1)Nc1ccccc1. The summed E-state index contributed by atoms with van der Waals surface area (Å²) >= 11 is 0. The van der Waals surface area contributed by atoms with Crippen LogP contribution < -0.4 is 10.6 Å². The van der Waals surface area contributed by atoms with Crippen molar-refractivity contribution >= 4 is 11.6 Å². The van der Waals surface area contributed by atoms with Crippen molar-refractivity contribution in [3.05, 3.63) is 78.4 Å². The van der Waals surface area contributed by atoms with E-state index in [0.29, 0.717) is 13.1 Å². The van der Waals surface area contributed by atoms with Gasteiger partial charge in [0.05, 0.1) is 6.54 Å². The first-order valence-electron chi connectivity index (χ1n) is 7.05. The average molecular weight is 279 g/mol. The van der Waals surface area contributed by atoms with Gasteiger partial charge < -0.3 is 10.6 Å². The van der Waals surface area contributed by atoms with Gasteiger partial charge in [-0.2, -0.15) is 0 Å². The lowest BCUT2D eigenvalue weighted by Gasteiger charge is -2.11. The second-order valence-electron chi connectivity index (χ2n) is 4.81. The van der Waals surface area contributed by atoms with Crippen LogP contribution in [0.5, 0.6) is 0 Å². The van der Waals surface area contributed by atoms with Gasteiger partial charge in [-0.25, -0.2) is 4.99 Å². The van der Waals surface area contributed by atoms with Gasteiger partial charge in [-0.1, -0.05) is 54.1 Å². The Morgan fingerprint density at radius 2 is 1.81 bits per heavy atom. The third-order valence-electron chi connectivity index (χ3n) is 2.99. The zero-order chi connectivity index (χ0) is 14.9. The molecule has 2 rings (SSSR count). The molecule has 21 heavy (non-hydrogen) atoms. The maximum atomic E-state index is 4.60. The van der Waals surface area contributed by atoms with Crippen LogP contribution in [-0.2, 0) is 6.54 Å². The van der Waals surface area contributed by atoms with Gasteiger partial charge in [-0.3, -0.25) is 0 Å². The number of rotatable bonds is 5. The van der Waals surface area contributed by atoms with Crippen LogP contribution in [0.15, 0.2) is 72.2 Å². The van der Waals surface area contributed by atoms with Crippen LogP contribution in [0.3, 0.4) is 0 Å². The second-order valence-corrected chi connectivity index (χ2v) is 4.81. The van der Waals surface area contributed by atoms with Crippen molar-refractivity contribution in [2.75, 3.05) is 11.9 Å². The van der Waals surface area contributed by atoms with E-state index in [1.807, 2.05) is 36.4 Å². The zero-order valence-corrected chi connectivity index (χ0v) is 12.3. The average Bonchev–Trinajstić information content (AvgIpc) is 2.52. The highest BCUT2D eigenvalue weighted by Crippen LogP contribution is 2.07. The lowest BCUT2D eigenvalue weighted by atomic mass is 10.1. The van der Waals surface area contributed by atoms with Gasteiger partial charge in [0.15, 0.2) is 5.96 Å². The molecule has 0 fully saturated rings. The van der Waals surface area contributed by atoms with E-state index in [2.05, 4.69) is 53.4 Å². The molecule has 3 heteroatoms. The van der Waals surface area contributed by atoms with Crippen molar-refractivity contribution in [3.63, 3.8) is 0 Å². The van der Waals surface area contributed by atoms with Crippen molar-refractivity contribution in [1.82, 2.24) is 5.32 Å². The Morgan fingerprint density at radius 3 is 2.48 bits per heavy atom. The summed E-state index contributed by atoms with van der Waals surface area (Å²) in [5.74, 6) is 0.752. The van der Waals surface area contributed by atoms with Crippen LogP contribution in [0, 0.1) is 6.92 Å².